The van der Waals surface area contributed by atoms with Crippen LogP contribution in [0.25, 0.3) is 0 Å². The molecule has 2 heterocycles. The van der Waals surface area contributed by atoms with E-state index in [1.54, 1.807) is 0 Å². The summed E-state index contributed by atoms with van der Waals surface area (Å²) < 4.78 is 32.8. The minimum Gasteiger partial charge on any atom is -0.598 e. The highest BCUT2D eigenvalue weighted by molar-refractivity contribution is 7.90. The minimum absolute atomic E-state index is 0.0789. The SMILES string of the molecule is CC(C)(C)[S@+]([O-])NC(CCC1OCCCO1)c1cc(Cl)cc2c1CCOC2. The monoisotopic (exact) mass is 415 g/mol. The lowest BCUT2D eigenvalue weighted by atomic mass is 9.91. The Morgan fingerprint density at radius 1 is 1.26 bits per heavy atom. The quantitative estimate of drug-likeness (QED) is 0.710. The van der Waals surface area contributed by atoms with Gasteiger partial charge in [0.15, 0.2) is 6.29 Å². The molecule has 1 aromatic rings. The summed E-state index contributed by atoms with van der Waals surface area (Å²) in [5, 5.41) is 0.688. The lowest BCUT2D eigenvalue weighted by Gasteiger charge is -2.31. The number of ether oxygens (including phenoxy) is 3. The van der Waals surface area contributed by atoms with Gasteiger partial charge in [-0.2, -0.15) is 0 Å². The first-order valence-electron chi connectivity index (χ1n) is 9.65. The molecule has 0 radical (unpaired) electrons. The van der Waals surface area contributed by atoms with Crippen molar-refractivity contribution < 1.29 is 18.8 Å². The van der Waals surface area contributed by atoms with Crippen LogP contribution in [-0.4, -0.2) is 35.4 Å². The summed E-state index contributed by atoms with van der Waals surface area (Å²) in [5.74, 6) is 0. The fourth-order valence-electron chi connectivity index (χ4n) is 3.41. The lowest BCUT2D eigenvalue weighted by molar-refractivity contribution is -0.182. The van der Waals surface area contributed by atoms with Crippen LogP contribution in [0.4, 0.5) is 0 Å². The number of fused-ring (bicyclic) bond motifs is 1. The maximum absolute atomic E-state index is 12.8. The third-order valence-electron chi connectivity index (χ3n) is 4.86. The van der Waals surface area contributed by atoms with Crippen molar-refractivity contribution in [1.29, 1.82) is 0 Å². The maximum atomic E-state index is 12.8. The van der Waals surface area contributed by atoms with Crippen molar-refractivity contribution in [3.8, 4) is 0 Å². The molecule has 0 amide bonds. The molecule has 3 rings (SSSR count). The molecule has 2 aliphatic heterocycles. The highest BCUT2D eigenvalue weighted by Gasteiger charge is 2.32. The Hall–Kier alpha value is -0.340. The molecule has 0 aliphatic carbocycles. The number of hydrogen-bond donors (Lipinski definition) is 1. The van der Waals surface area contributed by atoms with Crippen molar-refractivity contribution in [2.45, 2.75) is 70.1 Å². The van der Waals surface area contributed by atoms with Gasteiger partial charge in [0.05, 0.1) is 32.5 Å². The van der Waals surface area contributed by atoms with Crippen LogP contribution in [0.1, 0.15) is 62.8 Å². The molecule has 1 saturated heterocycles. The highest BCUT2D eigenvalue weighted by Crippen LogP contribution is 2.33. The van der Waals surface area contributed by atoms with Crippen molar-refractivity contribution in [3.63, 3.8) is 0 Å². The molecular formula is C20H30ClNO4S. The van der Waals surface area contributed by atoms with Crippen LogP contribution in [0, 0.1) is 0 Å². The fourth-order valence-corrected chi connectivity index (χ4v) is 4.51. The Morgan fingerprint density at radius 3 is 2.70 bits per heavy atom. The first kappa shape index (κ1) is 21.4. The van der Waals surface area contributed by atoms with Crippen LogP contribution in [0.5, 0.6) is 0 Å². The average Bonchev–Trinajstić information content (AvgIpc) is 2.64. The molecule has 0 aromatic heterocycles. The van der Waals surface area contributed by atoms with E-state index in [9.17, 15) is 4.55 Å². The van der Waals surface area contributed by atoms with Gasteiger partial charge in [-0.3, -0.25) is 0 Å². The summed E-state index contributed by atoms with van der Waals surface area (Å²) in [4.78, 5) is 0. The number of rotatable bonds is 6. The molecule has 2 aliphatic rings. The van der Waals surface area contributed by atoms with Crippen molar-refractivity contribution in [2.24, 2.45) is 0 Å². The van der Waals surface area contributed by atoms with E-state index < -0.39 is 11.4 Å². The van der Waals surface area contributed by atoms with Crippen LogP contribution in [0.15, 0.2) is 12.1 Å². The number of halogens is 1. The second-order valence-corrected chi connectivity index (χ2v) is 10.5. The van der Waals surface area contributed by atoms with Gasteiger partial charge in [0.2, 0.25) is 0 Å². The molecule has 1 aromatic carbocycles. The van der Waals surface area contributed by atoms with Crippen LogP contribution >= 0.6 is 11.6 Å². The Kier molecular flexibility index (Phi) is 7.47. The van der Waals surface area contributed by atoms with Crippen LogP contribution in [0.3, 0.4) is 0 Å². The topological polar surface area (TPSA) is 62.8 Å². The zero-order valence-electron chi connectivity index (χ0n) is 16.4. The Bertz CT molecular complexity index is 631. The Labute approximate surface area is 170 Å². The van der Waals surface area contributed by atoms with E-state index in [4.69, 9.17) is 25.8 Å². The van der Waals surface area contributed by atoms with Crippen LogP contribution < -0.4 is 4.72 Å². The summed E-state index contributed by atoms with van der Waals surface area (Å²) in [6, 6.07) is 3.90. The number of hydrogen-bond acceptors (Lipinski definition) is 5. The zero-order valence-corrected chi connectivity index (χ0v) is 18.0. The first-order chi connectivity index (χ1) is 12.8. The molecule has 0 saturated carbocycles. The van der Waals surface area contributed by atoms with Crippen molar-refractivity contribution in [2.75, 3.05) is 19.8 Å². The van der Waals surface area contributed by atoms with E-state index in [1.165, 1.54) is 5.56 Å². The number of benzene rings is 1. The van der Waals surface area contributed by atoms with Gasteiger partial charge in [-0.05, 0) is 68.9 Å². The molecule has 5 nitrogen and oxygen atoms in total. The van der Waals surface area contributed by atoms with Crippen molar-refractivity contribution in [1.82, 2.24) is 4.72 Å². The summed E-state index contributed by atoms with van der Waals surface area (Å²) in [7, 11) is 0. The van der Waals surface area contributed by atoms with Gasteiger partial charge in [-0.15, -0.1) is 4.72 Å². The minimum atomic E-state index is -1.19. The highest BCUT2D eigenvalue weighted by atomic mass is 35.5. The fraction of sp³-hybridized carbons (Fsp3) is 0.700. The largest absolute Gasteiger partial charge is 0.598 e. The molecule has 0 bridgehead atoms. The van der Waals surface area contributed by atoms with E-state index in [0.29, 0.717) is 18.2 Å². The van der Waals surface area contributed by atoms with E-state index in [1.807, 2.05) is 32.9 Å². The normalized spacial score (nSPS) is 20.9. The third-order valence-corrected chi connectivity index (χ3v) is 6.69. The van der Waals surface area contributed by atoms with Gasteiger partial charge in [-0.1, -0.05) is 11.6 Å². The van der Waals surface area contributed by atoms with Gasteiger partial charge >= 0.3 is 0 Å². The van der Waals surface area contributed by atoms with E-state index in [0.717, 1.165) is 50.0 Å². The zero-order chi connectivity index (χ0) is 19.4. The van der Waals surface area contributed by atoms with Gasteiger partial charge < -0.3 is 18.8 Å². The standard InChI is InChI=1S/C20H30ClNO4S/c1-20(2,3)27(23)22-18(5-6-19-25-8-4-9-26-19)17-12-15(21)11-14-13-24-10-7-16(14)17/h11-12,18-19,22H,4-10,13H2,1-3H3/t18?,27-/m0/s1. The van der Waals surface area contributed by atoms with Gasteiger partial charge in [0, 0.05) is 22.8 Å². The second-order valence-electron chi connectivity index (χ2n) is 8.09. The Morgan fingerprint density at radius 2 is 2.00 bits per heavy atom. The van der Waals surface area contributed by atoms with Gasteiger partial charge in [0.25, 0.3) is 0 Å². The Balaban J connectivity index is 1.83. The maximum Gasteiger partial charge on any atom is 0.157 e. The molecule has 152 valence electrons. The van der Waals surface area contributed by atoms with Crippen LogP contribution in [0.2, 0.25) is 5.02 Å². The molecule has 1 unspecified atom stereocenters. The molecule has 2 atom stereocenters. The molecule has 7 heteroatoms. The summed E-state index contributed by atoms with van der Waals surface area (Å²) in [6.45, 7) is 8.67. The smallest absolute Gasteiger partial charge is 0.157 e. The average molecular weight is 416 g/mol. The lowest BCUT2D eigenvalue weighted by Crippen LogP contribution is -2.42. The molecular weight excluding hydrogens is 386 g/mol. The van der Waals surface area contributed by atoms with E-state index in [2.05, 4.69) is 4.72 Å². The number of nitrogens with one attached hydrogen (secondary N) is 1. The molecule has 1 N–H and O–H groups in total. The third kappa shape index (κ3) is 5.82. The molecule has 0 spiro atoms. The predicted molar refractivity (Wildman–Crippen MR) is 108 cm³/mol. The molecule has 1 fully saturated rings. The van der Waals surface area contributed by atoms with E-state index in [-0.39, 0.29) is 17.1 Å². The van der Waals surface area contributed by atoms with Gasteiger partial charge in [0.1, 0.15) is 4.75 Å². The van der Waals surface area contributed by atoms with Gasteiger partial charge in [-0.25, -0.2) is 0 Å². The second kappa shape index (κ2) is 9.44. The van der Waals surface area contributed by atoms with E-state index >= 15 is 0 Å². The first-order valence-corrected chi connectivity index (χ1v) is 11.2. The van der Waals surface area contributed by atoms with Crippen molar-refractivity contribution in [3.05, 3.63) is 33.8 Å². The molecule has 27 heavy (non-hydrogen) atoms. The van der Waals surface area contributed by atoms with Crippen LogP contribution in [-0.2, 0) is 38.6 Å². The summed E-state index contributed by atoms with van der Waals surface area (Å²) >= 11 is 5.20. The van der Waals surface area contributed by atoms with Crippen molar-refractivity contribution >= 4 is 23.0 Å². The predicted octanol–water partition coefficient (Wildman–Crippen LogP) is 4.05. The summed E-state index contributed by atoms with van der Waals surface area (Å²) in [5.41, 5.74) is 3.51. The summed E-state index contributed by atoms with van der Waals surface area (Å²) in [6.07, 6.45) is 3.10.